The molecule has 1 aromatic heterocycles. The Hall–Kier alpha value is -2.21. The maximum Gasteiger partial charge on any atom is 0.229 e. The maximum absolute atomic E-state index is 13.2. The van der Waals surface area contributed by atoms with Gasteiger partial charge >= 0.3 is 0 Å². The number of nitrogens with zero attached hydrogens (tertiary/aromatic N) is 3. The van der Waals surface area contributed by atoms with Crippen LogP contribution in [0.15, 0.2) is 30.3 Å². The van der Waals surface area contributed by atoms with Gasteiger partial charge in [0.2, 0.25) is 5.91 Å². The SMILES string of the molecule is Cc1ccc(N2CCC[C@H](C(=O)Nc3ccc(F)c(Cl)c3)C2)nn1. The average molecular weight is 349 g/mol. The van der Waals surface area contributed by atoms with Gasteiger partial charge in [-0.25, -0.2) is 4.39 Å². The molecule has 1 saturated heterocycles. The van der Waals surface area contributed by atoms with Gasteiger partial charge in [-0.1, -0.05) is 11.6 Å². The van der Waals surface area contributed by atoms with Crippen LogP contribution in [0, 0.1) is 18.7 Å². The van der Waals surface area contributed by atoms with Crippen LogP contribution in [-0.4, -0.2) is 29.2 Å². The summed E-state index contributed by atoms with van der Waals surface area (Å²) in [4.78, 5) is 14.6. The number of hydrogen-bond donors (Lipinski definition) is 1. The van der Waals surface area contributed by atoms with Gasteiger partial charge in [-0.05, 0) is 50.1 Å². The van der Waals surface area contributed by atoms with Crippen LogP contribution >= 0.6 is 11.6 Å². The number of anilines is 2. The predicted octanol–water partition coefficient (Wildman–Crippen LogP) is 3.43. The second kappa shape index (κ2) is 7.13. The van der Waals surface area contributed by atoms with Crippen molar-refractivity contribution < 1.29 is 9.18 Å². The molecule has 0 saturated carbocycles. The lowest BCUT2D eigenvalue weighted by atomic mass is 9.97. The largest absolute Gasteiger partial charge is 0.354 e. The van der Waals surface area contributed by atoms with Crippen molar-refractivity contribution in [1.82, 2.24) is 10.2 Å². The monoisotopic (exact) mass is 348 g/mol. The summed E-state index contributed by atoms with van der Waals surface area (Å²) in [5.74, 6) is 0.0208. The summed E-state index contributed by atoms with van der Waals surface area (Å²) in [6, 6.07) is 7.99. The molecular weight excluding hydrogens is 331 g/mol. The molecule has 3 rings (SSSR count). The first-order valence-electron chi connectivity index (χ1n) is 7.84. The minimum atomic E-state index is -0.503. The first kappa shape index (κ1) is 16.6. The van der Waals surface area contributed by atoms with Crippen LogP contribution in [-0.2, 0) is 4.79 Å². The van der Waals surface area contributed by atoms with Crippen molar-refractivity contribution in [2.75, 3.05) is 23.3 Å². The van der Waals surface area contributed by atoms with Crippen molar-refractivity contribution in [2.45, 2.75) is 19.8 Å². The maximum atomic E-state index is 13.2. The van der Waals surface area contributed by atoms with Gasteiger partial charge in [0.05, 0.1) is 16.6 Å². The van der Waals surface area contributed by atoms with Gasteiger partial charge < -0.3 is 10.2 Å². The third-order valence-electron chi connectivity index (χ3n) is 4.09. The zero-order valence-electron chi connectivity index (χ0n) is 13.3. The number of halogens is 2. The number of piperidine rings is 1. The van der Waals surface area contributed by atoms with Crippen LogP contribution in [0.4, 0.5) is 15.9 Å². The number of hydrogen-bond acceptors (Lipinski definition) is 4. The normalized spacial score (nSPS) is 17.6. The molecule has 1 aliphatic heterocycles. The van der Waals surface area contributed by atoms with Crippen molar-refractivity contribution >= 4 is 29.0 Å². The molecule has 1 aliphatic rings. The van der Waals surface area contributed by atoms with Crippen molar-refractivity contribution in [3.63, 3.8) is 0 Å². The molecule has 0 unspecified atom stereocenters. The molecule has 2 heterocycles. The van der Waals surface area contributed by atoms with Crippen LogP contribution in [0.5, 0.6) is 0 Å². The molecular formula is C17H18ClFN4O. The summed E-state index contributed by atoms with van der Waals surface area (Å²) in [6.45, 7) is 3.32. The Morgan fingerprint density at radius 2 is 2.17 bits per heavy atom. The van der Waals surface area contributed by atoms with Gasteiger partial charge in [0.25, 0.3) is 0 Å². The van der Waals surface area contributed by atoms with Gasteiger partial charge in [0.15, 0.2) is 5.82 Å². The fourth-order valence-corrected chi connectivity index (χ4v) is 2.96. The summed E-state index contributed by atoms with van der Waals surface area (Å²) in [5.41, 5.74) is 1.36. The topological polar surface area (TPSA) is 58.1 Å². The molecule has 1 N–H and O–H groups in total. The number of carbonyl (C=O) groups is 1. The fourth-order valence-electron chi connectivity index (χ4n) is 2.78. The Balaban J connectivity index is 1.66. The Labute approximate surface area is 144 Å². The molecule has 1 amide bonds. The molecule has 2 aromatic rings. The Bertz CT molecular complexity index is 738. The molecule has 0 aliphatic carbocycles. The second-order valence-corrected chi connectivity index (χ2v) is 6.34. The highest BCUT2D eigenvalue weighted by Gasteiger charge is 2.26. The number of benzene rings is 1. The van der Waals surface area contributed by atoms with Crippen molar-refractivity contribution in [3.05, 3.63) is 46.9 Å². The summed E-state index contributed by atoms with van der Waals surface area (Å²) in [5, 5.41) is 11.1. The minimum absolute atomic E-state index is 0.00648. The van der Waals surface area contributed by atoms with Gasteiger partial charge in [-0.3, -0.25) is 4.79 Å². The van der Waals surface area contributed by atoms with E-state index in [4.69, 9.17) is 11.6 Å². The van der Waals surface area contributed by atoms with Crippen molar-refractivity contribution in [1.29, 1.82) is 0 Å². The smallest absolute Gasteiger partial charge is 0.229 e. The van der Waals surface area contributed by atoms with E-state index in [1.807, 2.05) is 19.1 Å². The summed E-state index contributed by atoms with van der Waals surface area (Å²) < 4.78 is 13.2. The van der Waals surface area contributed by atoms with Gasteiger partial charge in [0.1, 0.15) is 5.82 Å². The third-order valence-corrected chi connectivity index (χ3v) is 4.38. The molecule has 1 fully saturated rings. The number of aryl methyl sites for hydroxylation is 1. The van der Waals surface area contributed by atoms with Gasteiger partial charge in [0, 0.05) is 18.8 Å². The number of rotatable bonds is 3. The molecule has 1 atom stereocenters. The van der Waals surface area contributed by atoms with Gasteiger partial charge in [-0.15, -0.1) is 5.10 Å². The lowest BCUT2D eigenvalue weighted by Crippen LogP contribution is -2.41. The Morgan fingerprint density at radius 1 is 1.33 bits per heavy atom. The molecule has 5 nitrogen and oxygen atoms in total. The number of carbonyl (C=O) groups excluding carboxylic acids is 1. The number of aromatic nitrogens is 2. The molecule has 0 radical (unpaired) electrons. The minimum Gasteiger partial charge on any atom is -0.354 e. The molecule has 0 bridgehead atoms. The number of nitrogens with one attached hydrogen (secondary N) is 1. The first-order valence-corrected chi connectivity index (χ1v) is 8.22. The molecule has 1 aromatic carbocycles. The highest BCUT2D eigenvalue weighted by molar-refractivity contribution is 6.31. The lowest BCUT2D eigenvalue weighted by Gasteiger charge is -2.32. The molecule has 126 valence electrons. The van der Waals surface area contributed by atoms with Gasteiger partial charge in [-0.2, -0.15) is 5.10 Å². The molecule has 0 spiro atoms. The molecule has 24 heavy (non-hydrogen) atoms. The Morgan fingerprint density at radius 3 is 2.88 bits per heavy atom. The van der Waals surface area contributed by atoms with Crippen LogP contribution < -0.4 is 10.2 Å². The van der Waals surface area contributed by atoms with E-state index in [9.17, 15) is 9.18 Å². The quantitative estimate of drug-likeness (QED) is 0.923. The van der Waals surface area contributed by atoms with Crippen LogP contribution in [0.1, 0.15) is 18.5 Å². The van der Waals surface area contributed by atoms with E-state index in [2.05, 4.69) is 20.4 Å². The van der Waals surface area contributed by atoms with E-state index < -0.39 is 5.82 Å². The zero-order valence-corrected chi connectivity index (χ0v) is 14.1. The fraction of sp³-hybridized carbons (Fsp3) is 0.353. The lowest BCUT2D eigenvalue weighted by molar-refractivity contribution is -0.120. The summed E-state index contributed by atoms with van der Waals surface area (Å²) in [6.07, 6.45) is 1.70. The Kier molecular flexibility index (Phi) is 4.94. The van der Waals surface area contributed by atoms with E-state index in [0.717, 1.165) is 30.9 Å². The second-order valence-electron chi connectivity index (χ2n) is 5.94. The van der Waals surface area contributed by atoms with Crippen LogP contribution in [0.3, 0.4) is 0 Å². The first-order chi connectivity index (χ1) is 11.5. The van der Waals surface area contributed by atoms with Crippen molar-refractivity contribution in [2.24, 2.45) is 5.92 Å². The van der Waals surface area contributed by atoms with E-state index in [-0.39, 0.29) is 16.8 Å². The highest BCUT2D eigenvalue weighted by atomic mass is 35.5. The molecule has 7 heteroatoms. The van der Waals surface area contributed by atoms with Crippen LogP contribution in [0.2, 0.25) is 5.02 Å². The van der Waals surface area contributed by atoms with Crippen molar-refractivity contribution in [3.8, 4) is 0 Å². The van der Waals surface area contributed by atoms with E-state index in [1.165, 1.54) is 18.2 Å². The average Bonchev–Trinajstić information content (AvgIpc) is 2.59. The van der Waals surface area contributed by atoms with E-state index in [0.29, 0.717) is 12.2 Å². The number of amides is 1. The zero-order chi connectivity index (χ0) is 17.1. The highest BCUT2D eigenvalue weighted by Crippen LogP contribution is 2.24. The third kappa shape index (κ3) is 3.82. The predicted molar refractivity (Wildman–Crippen MR) is 91.7 cm³/mol. The summed E-state index contributed by atoms with van der Waals surface area (Å²) in [7, 11) is 0. The standard InChI is InChI=1S/C17H18ClFN4O/c1-11-4-7-16(22-21-11)23-8-2-3-12(10-23)17(24)20-13-5-6-15(19)14(18)9-13/h4-7,9,12H,2-3,8,10H2,1H3,(H,20,24)/t12-/m0/s1. The van der Waals surface area contributed by atoms with E-state index >= 15 is 0 Å². The van der Waals surface area contributed by atoms with E-state index in [1.54, 1.807) is 0 Å². The van der Waals surface area contributed by atoms with Crippen LogP contribution in [0.25, 0.3) is 0 Å². The summed E-state index contributed by atoms with van der Waals surface area (Å²) >= 11 is 5.75.